The molecule has 0 aliphatic heterocycles. The topological polar surface area (TPSA) is 91.1 Å². The highest BCUT2D eigenvalue weighted by atomic mass is 16.2. The van der Waals surface area contributed by atoms with Crippen molar-refractivity contribution in [3.63, 3.8) is 0 Å². The zero-order chi connectivity index (χ0) is 18.6. The fraction of sp³-hybridized carbons (Fsp3) is 0.316. The van der Waals surface area contributed by atoms with Crippen LogP contribution in [0.5, 0.6) is 0 Å². The van der Waals surface area contributed by atoms with Gasteiger partial charge in [0, 0.05) is 17.8 Å². The van der Waals surface area contributed by atoms with Crippen molar-refractivity contribution in [2.75, 3.05) is 0 Å². The van der Waals surface area contributed by atoms with E-state index in [2.05, 4.69) is 15.6 Å². The van der Waals surface area contributed by atoms with Crippen molar-refractivity contribution in [2.24, 2.45) is 0 Å². The van der Waals surface area contributed by atoms with Crippen molar-refractivity contribution in [1.29, 1.82) is 0 Å². The Balaban J connectivity index is 1.99. The number of rotatable bonds is 6. The Labute approximate surface area is 147 Å². The number of aromatic nitrogens is 1. The SMILES string of the molecule is CC(=O)c1c(C)[nH]c(C(=O)N[C@@H](C)C(=O)NCc2ccccc2)c1C. The van der Waals surface area contributed by atoms with Crippen LogP contribution < -0.4 is 10.6 Å². The van der Waals surface area contributed by atoms with Crippen LogP contribution in [0.4, 0.5) is 0 Å². The number of carbonyl (C=O) groups excluding carboxylic acids is 3. The minimum atomic E-state index is -0.694. The molecule has 1 aromatic heterocycles. The normalized spacial score (nSPS) is 11.7. The third-order valence-corrected chi connectivity index (χ3v) is 4.07. The molecule has 0 fully saturated rings. The molecule has 2 amide bonds. The van der Waals surface area contributed by atoms with Crippen molar-refractivity contribution in [3.8, 4) is 0 Å². The van der Waals surface area contributed by atoms with Gasteiger partial charge in [0.1, 0.15) is 11.7 Å². The summed E-state index contributed by atoms with van der Waals surface area (Å²) < 4.78 is 0. The number of ketones is 1. The Morgan fingerprint density at radius 3 is 2.32 bits per heavy atom. The van der Waals surface area contributed by atoms with E-state index < -0.39 is 11.9 Å². The van der Waals surface area contributed by atoms with Crippen LogP contribution in [0.15, 0.2) is 30.3 Å². The van der Waals surface area contributed by atoms with Gasteiger partial charge in [-0.2, -0.15) is 0 Å². The average molecular weight is 341 g/mol. The smallest absolute Gasteiger partial charge is 0.268 e. The van der Waals surface area contributed by atoms with Gasteiger partial charge in [-0.15, -0.1) is 0 Å². The van der Waals surface area contributed by atoms with Crippen molar-refractivity contribution >= 4 is 17.6 Å². The number of hydrogen-bond donors (Lipinski definition) is 3. The highest BCUT2D eigenvalue weighted by molar-refractivity contribution is 6.03. The summed E-state index contributed by atoms with van der Waals surface area (Å²) in [7, 11) is 0. The van der Waals surface area contributed by atoms with E-state index >= 15 is 0 Å². The van der Waals surface area contributed by atoms with Crippen molar-refractivity contribution in [1.82, 2.24) is 15.6 Å². The fourth-order valence-electron chi connectivity index (χ4n) is 2.78. The molecular weight excluding hydrogens is 318 g/mol. The number of amides is 2. The number of H-pyrrole nitrogens is 1. The van der Waals surface area contributed by atoms with Crippen LogP contribution in [0.3, 0.4) is 0 Å². The fourth-order valence-corrected chi connectivity index (χ4v) is 2.78. The average Bonchev–Trinajstić information content (AvgIpc) is 2.88. The molecule has 6 nitrogen and oxygen atoms in total. The second-order valence-electron chi connectivity index (χ2n) is 6.08. The first kappa shape index (κ1) is 18.4. The van der Waals surface area contributed by atoms with Crippen LogP contribution in [0.1, 0.15) is 51.5 Å². The molecule has 1 atom stereocenters. The predicted octanol–water partition coefficient (Wildman–Crippen LogP) is 2.27. The summed E-state index contributed by atoms with van der Waals surface area (Å²) in [4.78, 5) is 39.2. The van der Waals surface area contributed by atoms with Crippen LogP contribution in [0.2, 0.25) is 0 Å². The number of hydrogen-bond acceptors (Lipinski definition) is 3. The number of benzene rings is 1. The molecule has 0 saturated carbocycles. The number of Topliss-reactive ketones (excluding diaryl/α,β-unsaturated/α-hetero) is 1. The maximum absolute atomic E-state index is 12.4. The molecule has 0 aliphatic rings. The summed E-state index contributed by atoms with van der Waals surface area (Å²) >= 11 is 0. The Morgan fingerprint density at radius 1 is 1.12 bits per heavy atom. The Kier molecular flexibility index (Phi) is 5.75. The van der Waals surface area contributed by atoms with E-state index in [1.165, 1.54) is 6.92 Å². The van der Waals surface area contributed by atoms with Gasteiger partial charge in [0.15, 0.2) is 5.78 Å². The minimum Gasteiger partial charge on any atom is -0.354 e. The molecule has 1 aromatic carbocycles. The molecule has 0 aliphatic carbocycles. The predicted molar refractivity (Wildman–Crippen MR) is 95.5 cm³/mol. The molecule has 25 heavy (non-hydrogen) atoms. The zero-order valence-electron chi connectivity index (χ0n) is 14.9. The van der Waals surface area contributed by atoms with Crippen LogP contribution in [0, 0.1) is 13.8 Å². The summed E-state index contributed by atoms with van der Waals surface area (Å²) in [5.41, 5.74) is 3.06. The zero-order valence-corrected chi connectivity index (χ0v) is 14.9. The van der Waals surface area contributed by atoms with Crippen molar-refractivity contribution in [3.05, 3.63) is 58.4 Å². The number of aryl methyl sites for hydroxylation is 1. The number of carbonyl (C=O) groups is 3. The maximum atomic E-state index is 12.4. The lowest BCUT2D eigenvalue weighted by Gasteiger charge is -2.14. The van der Waals surface area contributed by atoms with Crippen LogP contribution in [-0.2, 0) is 11.3 Å². The van der Waals surface area contributed by atoms with Gasteiger partial charge in [-0.25, -0.2) is 0 Å². The molecule has 0 bridgehead atoms. The van der Waals surface area contributed by atoms with Gasteiger partial charge >= 0.3 is 0 Å². The van der Waals surface area contributed by atoms with E-state index in [1.807, 2.05) is 30.3 Å². The third kappa shape index (κ3) is 4.35. The first-order valence-corrected chi connectivity index (χ1v) is 8.13. The van der Waals surface area contributed by atoms with Gasteiger partial charge in [0.2, 0.25) is 5.91 Å². The second-order valence-corrected chi connectivity index (χ2v) is 6.08. The molecule has 3 N–H and O–H groups in total. The lowest BCUT2D eigenvalue weighted by atomic mass is 10.1. The van der Waals surface area contributed by atoms with Gasteiger partial charge in [-0.1, -0.05) is 30.3 Å². The van der Waals surface area contributed by atoms with E-state index in [-0.39, 0.29) is 11.7 Å². The minimum absolute atomic E-state index is 0.0982. The van der Waals surface area contributed by atoms with Crippen LogP contribution in [-0.4, -0.2) is 28.6 Å². The van der Waals surface area contributed by atoms with Crippen molar-refractivity contribution in [2.45, 2.75) is 40.3 Å². The molecule has 0 saturated heterocycles. The first-order valence-electron chi connectivity index (χ1n) is 8.13. The largest absolute Gasteiger partial charge is 0.354 e. The summed E-state index contributed by atoms with van der Waals surface area (Å²) in [6.45, 7) is 6.94. The van der Waals surface area contributed by atoms with E-state index in [1.54, 1.807) is 20.8 Å². The lowest BCUT2D eigenvalue weighted by molar-refractivity contribution is -0.122. The molecule has 0 unspecified atom stereocenters. The van der Waals surface area contributed by atoms with Crippen LogP contribution >= 0.6 is 0 Å². The first-order chi connectivity index (χ1) is 11.8. The van der Waals surface area contributed by atoms with Crippen molar-refractivity contribution < 1.29 is 14.4 Å². The van der Waals surface area contributed by atoms with Gasteiger partial charge in [-0.3, -0.25) is 14.4 Å². The molecule has 1 heterocycles. The summed E-state index contributed by atoms with van der Waals surface area (Å²) in [6.07, 6.45) is 0. The summed E-state index contributed by atoms with van der Waals surface area (Å²) in [6, 6.07) is 8.84. The molecule has 0 radical (unpaired) electrons. The van der Waals surface area contributed by atoms with Gasteiger partial charge in [-0.05, 0) is 38.8 Å². The van der Waals surface area contributed by atoms with Gasteiger partial charge < -0.3 is 15.6 Å². The molecule has 2 rings (SSSR count). The molecule has 2 aromatic rings. The maximum Gasteiger partial charge on any atom is 0.268 e. The molecule has 132 valence electrons. The van der Waals surface area contributed by atoms with E-state index in [9.17, 15) is 14.4 Å². The van der Waals surface area contributed by atoms with Crippen LogP contribution in [0.25, 0.3) is 0 Å². The van der Waals surface area contributed by atoms with E-state index in [4.69, 9.17) is 0 Å². The van der Waals surface area contributed by atoms with Gasteiger partial charge in [0.25, 0.3) is 5.91 Å². The highest BCUT2D eigenvalue weighted by Gasteiger charge is 2.22. The highest BCUT2D eigenvalue weighted by Crippen LogP contribution is 2.18. The quantitative estimate of drug-likeness (QED) is 0.704. The molecule has 6 heteroatoms. The number of aromatic amines is 1. The van der Waals surface area contributed by atoms with E-state index in [0.717, 1.165) is 5.56 Å². The Hall–Kier alpha value is -2.89. The Morgan fingerprint density at radius 2 is 1.76 bits per heavy atom. The van der Waals surface area contributed by atoms with Gasteiger partial charge in [0.05, 0.1) is 0 Å². The summed E-state index contributed by atoms with van der Waals surface area (Å²) in [5, 5.41) is 5.45. The Bertz CT molecular complexity index is 794. The lowest BCUT2D eigenvalue weighted by Crippen LogP contribution is -2.44. The van der Waals surface area contributed by atoms with E-state index in [0.29, 0.717) is 29.1 Å². The second kappa shape index (κ2) is 7.79. The molecular formula is C19H23N3O3. The monoisotopic (exact) mass is 341 g/mol. The third-order valence-electron chi connectivity index (χ3n) is 4.07. The summed E-state index contributed by atoms with van der Waals surface area (Å²) in [5.74, 6) is -0.778. The number of nitrogens with one attached hydrogen (secondary N) is 3. The molecule has 0 spiro atoms. The standard InChI is InChI=1S/C19H23N3O3/c1-11-16(14(4)23)12(2)21-17(11)19(25)22-13(3)18(24)20-10-15-8-6-5-7-9-15/h5-9,13,21H,10H2,1-4H3,(H,20,24)(H,22,25)/t13-/m0/s1.